The van der Waals surface area contributed by atoms with Crippen LogP contribution in [0.15, 0.2) is 54.6 Å². The van der Waals surface area contributed by atoms with Crippen LogP contribution in [0.1, 0.15) is 32.6 Å². The number of hydrogen-bond donors (Lipinski definition) is 1. The minimum atomic E-state index is -0.0386. The highest BCUT2D eigenvalue weighted by Crippen LogP contribution is 2.28. The molecule has 1 aliphatic rings. The van der Waals surface area contributed by atoms with Crippen LogP contribution in [0.3, 0.4) is 0 Å². The molecule has 0 saturated carbocycles. The molecule has 0 unspecified atom stereocenters. The van der Waals surface area contributed by atoms with Crippen LogP contribution in [-0.4, -0.2) is 42.4 Å². The van der Waals surface area contributed by atoms with Gasteiger partial charge in [-0.15, -0.1) is 0 Å². The Morgan fingerprint density at radius 1 is 1.11 bits per heavy atom. The number of carbonyl (C=O) groups is 2. The molecule has 5 heteroatoms. The van der Waals surface area contributed by atoms with Gasteiger partial charge in [0.05, 0.1) is 6.04 Å². The number of nitrogens with zero attached hydrogens (tertiary/aromatic N) is 2. The van der Waals surface area contributed by atoms with Crippen molar-refractivity contribution < 1.29 is 9.59 Å². The fourth-order valence-electron chi connectivity index (χ4n) is 3.75. The molecule has 2 amide bonds. The number of benzene rings is 2. The molecule has 1 atom stereocenters. The van der Waals surface area contributed by atoms with Gasteiger partial charge in [0.15, 0.2) is 0 Å². The lowest BCUT2D eigenvalue weighted by Gasteiger charge is -2.41. The Morgan fingerprint density at radius 2 is 1.86 bits per heavy atom. The van der Waals surface area contributed by atoms with Gasteiger partial charge >= 0.3 is 0 Å². The summed E-state index contributed by atoms with van der Waals surface area (Å²) in [6.45, 7) is 3.12. The summed E-state index contributed by atoms with van der Waals surface area (Å²) in [4.78, 5) is 28.9. The van der Waals surface area contributed by atoms with Gasteiger partial charge in [0.2, 0.25) is 11.8 Å². The van der Waals surface area contributed by atoms with E-state index >= 15 is 0 Å². The molecule has 1 fully saturated rings. The Labute approximate surface area is 167 Å². The molecule has 0 spiro atoms. The predicted molar refractivity (Wildman–Crippen MR) is 113 cm³/mol. The minimum absolute atomic E-state index is 0.0189. The van der Waals surface area contributed by atoms with Gasteiger partial charge in [-0.1, -0.05) is 62.2 Å². The third-order valence-corrected chi connectivity index (χ3v) is 5.28. The second-order valence-corrected chi connectivity index (χ2v) is 7.28. The molecule has 3 rings (SSSR count). The van der Waals surface area contributed by atoms with Gasteiger partial charge in [0.1, 0.15) is 6.54 Å². The van der Waals surface area contributed by atoms with Gasteiger partial charge in [-0.25, -0.2) is 0 Å². The highest BCUT2D eigenvalue weighted by molar-refractivity contribution is 5.98. The fraction of sp³-hybridized carbons (Fsp3) is 0.391. The van der Waals surface area contributed by atoms with Crippen molar-refractivity contribution in [2.75, 3.05) is 24.5 Å². The van der Waals surface area contributed by atoms with Gasteiger partial charge in [-0.05, 0) is 29.7 Å². The molecule has 0 aliphatic carbocycles. The van der Waals surface area contributed by atoms with E-state index in [0.717, 1.165) is 36.1 Å². The molecule has 0 radical (unpaired) electrons. The Balaban J connectivity index is 1.84. The van der Waals surface area contributed by atoms with Gasteiger partial charge in [-0.3, -0.25) is 9.59 Å². The van der Waals surface area contributed by atoms with Crippen molar-refractivity contribution in [1.29, 1.82) is 0 Å². The monoisotopic (exact) mass is 379 g/mol. The van der Waals surface area contributed by atoms with Crippen LogP contribution in [0.5, 0.6) is 0 Å². The normalized spacial score (nSPS) is 17.1. The van der Waals surface area contributed by atoms with Crippen LogP contribution < -0.4 is 10.6 Å². The van der Waals surface area contributed by atoms with Crippen molar-refractivity contribution in [2.24, 2.45) is 5.73 Å². The topological polar surface area (TPSA) is 66.6 Å². The average Bonchev–Trinajstić information content (AvgIpc) is 2.73. The van der Waals surface area contributed by atoms with E-state index in [1.165, 1.54) is 0 Å². The molecule has 2 aromatic carbocycles. The number of rotatable bonds is 7. The van der Waals surface area contributed by atoms with E-state index in [9.17, 15) is 9.59 Å². The lowest BCUT2D eigenvalue weighted by Crippen LogP contribution is -2.58. The molecule has 1 saturated heterocycles. The van der Waals surface area contributed by atoms with E-state index in [1.807, 2.05) is 35.2 Å². The Bertz CT molecular complexity index is 807. The van der Waals surface area contributed by atoms with E-state index in [-0.39, 0.29) is 24.4 Å². The van der Waals surface area contributed by atoms with Crippen LogP contribution >= 0.6 is 0 Å². The maximum Gasteiger partial charge on any atom is 0.246 e. The first-order chi connectivity index (χ1) is 13.6. The molecular formula is C23H29N3O2. The van der Waals surface area contributed by atoms with Crippen molar-refractivity contribution >= 4 is 17.5 Å². The Hall–Kier alpha value is -2.66. The maximum atomic E-state index is 12.9. The first-order valence-corrected chi connectivity index (χ1v) is 10.1. The fourth-order valence-corrected chi connectivity index (χ4v) is 3.75. The average molecular weight is 380 g/mol. The standard InChI is InChI=1S/C23H29N3O2/c1-2-3-11-21-16-25(23(28)17-26(21)22(27)13-14-24)20-12-7-10-19(15-20)18-8-5-4-6-9-18/h4-10,12,15,21H,2-3,11,13-14,16-17,24H2,1H3/t21-/m1/s1. The maximum absolute atomic E-state index is 12.9. The van der Waals surface area contributed by atoms with Gasteiger partial charge in [-0.2, -0.15) is 0 Å². The van der Waals surface area contributed by atoms with Crippen LogP contribution in [0.4, 0.5) is 5.69 Å². The quantitative estimate of drug-likeness (QED) is 0.801. The van der Waals surface area contributed by atoms with Crippen molar-refractivity contribution in [3.63, 3.8) is 0 Å². The first kappa shape index (κ1) is 20.1. The second kappa shape index (κ2) is 9.51. The summed E-state index contributed by atoms with van der Waals surface area (Å²) >= 11 is 0. The number of amides is 2. The second-order valence-electron chi connectivity index (χ2n) is 7.28. The molecule has 2 N–H and O–H groups in total. The summed E-state index contributed by atoms with van der Waals surface area (Å²) in [5, 5.41) is 0. The van der Waals surface area contributed by atoms with Gasteiger partial charge in [0.25, 0.3) is 0 Å². The van der Waals surface area contributed by atoms with Crippen molar-refractivity contribution in [3.05, 3.63) is 54.6 Å². The number of anilines is 1. The summed E-state index contributed by atoms with van der Waals surface area (Å²) in [7, 11) is 0. The minimum Gasteiger partial charge on any atom is -0.330 e. The first-order valence-electron chi connectivity index (χ1n) is 10.1. The van der Waals surface area contributed by atoms with Crippen molar-refractivity contribution in [3.8, 4) is 11.1 Å². The van der Waals surface area contributed by atoms with Crippen molar-refractivity contribution in [1.82, 2.24) is 4.90 Å². The van der Waals surface area contributed by atoms with Gasteiger partial charge in [0, 0.05) is 25.2 Å². The highest BCUT2D eigenvalue weighted by atomic mass is 16.2. The zero-order valence-corrected chi connectivity index (χ0v) is 16.5. The largest absolute Gasteiger partial charge is 0.330 e. The number of hydrogen-bond acceptors (Lipinski definition) is 3. The third-order valence-electron chi connectivity index (χ3n) is 5.28. The smallest absolute Gasteiger partial charge is 0.246 e. The van der Waals surface area contributed by atoms with Crippen LogP contribution in [0.25, 0.3) is 11.1 Å². The lowest BCUT2D eigenvalue weighted by molar-refractivity contribution is -0.139. The molecule has 148 valence electrons. The molecular weight excluding hydrogens is 350 g/mol. The SMILES string of the molecule is CCCC[C@@H]1CN(c2cccc(-c3ccccc3)c2)C(=O)CN1C(=O)CCN. The molecule has 0 aromatic heterocycles. The van der Waals surface area contributed by atoms with Crippen LogP contribution in [0.2, 0.25) is 0 Å². The van der Waals surface area contributed by atoms with Crippen LogP contribution in [0, 0.1) is 0 Å². The summed E-state index contributed by atoms with van der Waals surface area (Å²) < 4.78 is 0. The Kier molecular flexibility index (Phi) is 6.82. The van der Waals surface area contributed by atoms with Gasteiger partial charge < -0.3 is 15.5 Å². The van der Waals surface area contributed by atoms with Crippen LogP contribution in [-0.2, 0) is 9.59 Å². The lowest BCUT2D eigenvalue weighted by atomic mass is 10.0. The molecule has 0 bridgehead atoms. The summed E-state index contributed by atoms with van der Waals surface area (Å²) in [6.07, 6.45) is 3.28. The summed E-state index contributed by atoms with van der Waals surface area (Å²) in [5.74, 6) is -0.0574. The predicted octanol–water partition coefficient (Wildman–Crippen LogP) is 3.44. The molecule has 1 aliphatic heterocycles. The molecule has 2 aromatic rings. The summed E-state index contributed by atoms with van der Waals surface area (Å²) in [6, 6.07) is 18.2. The zero-order chi connectivity index (χ0) is 19.9. The number of carbonyl (C=O) groups excluding carboxylic acids is 2. The zero-order valence-electron chi connectivity index (χ0n) is 16.5. The number of unbranched alkanes of at least 4 members (excludes halogenated alkanes) is 1. The molecule has 5 nitrogen and oxygen atoms in total. The van der Waals surface area contributed by atoms with E-state index in [1.54, 1.807) is 4.90 Å². The summed E-state index contributed by atoms with van der Waals surface area (Å²) in [5.41, 5.74) is 8.65. The molecule has 28 heavy (non-hydrogen) atoms. The van der Waals surface area contributed by atoms with Crippen molar-refractivity contribution in [2.45, 2.75) is 38.6 Å². The van der Waals surface area contributed by atoms with E-state index in [2.05, 4.69) is 31.2 Å². The van der Waals surface area contributed by atoms with E-state index < -0.39 is 0 Å². The number of piperazine rings is 1. The Morgan fingerprint density at radius 3 is 2.57 bits per heavy atom. The van der Waals surface area contributed by atoms with E-state index in [0.29, 0.717) is 19.5 Å². The highest BCUT2D eigenvalue weighted by Gasteiger charge is 2.34. The molecule has 1 heterocycles. The number of nitrogens with two attached hydrogens (primary N) is 1. The van der Waals surface area contributed by atoms with E-state index in [4.69, 9.17) is 5.73 Å². The third kappa shape index (κ3) is 4.60.